The summed E-state index contributed by atoms with van der Waals surface area (Å²) in [7, 11) is 0. The molecule has 138 valence electrons. The summed E-state index contributed by atoms with van der Waals surface area (Å²) in [4.78, 5) is 23.9. The molecular formula is C20H23NO5. The molecule has 6 nitrogen and oxygen atoms in total. The number of rotatable bonds is 8. The Balaban J connectivity index is 1.78. The largest absolute Gasteiger partial charge is 0.424 e. The third kappa shape index (κ3) is 5.98. The molecule has 0 aliphatic heterocycles. The average Bonchev–Trinajstić information content (AvgIpc) is 2.66. The van der Waals surface area contributed by atoms with Crippen molar-refractivity contribution in [2.45, 2.75) is 38.2 Å². The van der Waals surface area contributed by atoms with Crippen molar-refractivity contribution in [2.75, 3.05) is 0 Å². The van der Waals surface area contributed by atoms with Crippen LogP contribution in [0.4, 0.5) is 0 Å². The van der Waals surface area contributed by atoms with E-state index in [0.29, 0.717) is 18.4 Å². The van der Waals surface area contributed by atoms with Crippen LogP contribution in [0.1, 0.15) is 30.6 Å². The Hall–Kier alpha value is -2.70. The molecule has 0 unspecified atom stereocenters. The highest BCUT2D eigenvalue weighted by atomic mass is 16.7. The molecular weight excluding hydrogens is 334 g/mol. The lowest BCUT2D eigenvalue weighted by molar-refractivity contribution is -0.191. The van der Waals surface area contributed by atoms with E-state index in [4.69, 9.17) is 15.2 Å². The Kier molecular flexibility index (Phi) is 7.32. The molecule has 0 bridgehead atoms. The van der Waals surface area contributed by atoms with Crippen LogP contribution in [0, 0.1) is 0 Å². The monoisotopic (exact) mass is 357 g/mol. The van der Waals surface area contributed by atoms with Gasteiger partial charge in [0.25, 0.3) is 0 Å². The number of ether oxygens (including phenoxy) is 2. The predicted octanol–water partition coefficient (Wildman–Crippen LogP) is 2.11. The van der Waals surface area contributed by atoms with E-state index in [-0.39, 0.29) is 0 Å². The second-order valence-electron chi connectivity index (χ2n) is 5.89. The molecule has 0 saturated heterocycles. The van der Waals surface area contributed by atoms with Gasteiger partial charge in [0.15, 0.2) is 6.10 Å². The summed E-state index contributed by atoms with van der Waals surface area (Å²) in [6, 6.07) is 17.2. The second kappa shape index (κ2) is 9.70. The molecule has 0 fully saturated rings. The smallest absolute Gasteiger partial charge is 0.342 e. The quantitative estimate of drug-likeness (QED) is 0.555. The van der Waals surface area contributed by atoms with Crippen molar-refractivity contribution in [2.24, 2.45) is 5.73 Å². The fourth-order valence-corrected chi connectivity index (χ4v) is 2.36. The molecule has 2 aromatic rings. The van der Waals surface area contributed by atoms with Gasteiger partial charge in [0.1, 0.15) is 6.04 Å². The van der Waals surface area contributed by atoms with Gasteiger partial charge in [0, 0.05) is 6.92 Å². The Morgan fingerprint density at radius 1 is 0.962 bits per heavy atom. The summed E-state index contributed by atoms with van der Waals surface area (Å²) in [5.74, 6) is -1.55. The SMILES string of the molecule is C[C@H](OC(=O)[C@@H](O)c1ccccc1)OC(=O)[C@@H](N)CCc1ccccc1. The highest BCUT2D eigenvalue weighted by molar-refractivity contribution is 5.77. The highest BCUT2D eigenvalue weighted by Gasteiger charge is 2.24. The first-order valence-corrected chi connectivity index (χ1v) is 8.41. The van der Waals surface area contributed by atoms with Crippen LogP contribution < -0.4 is 5.73 Å². The minimum Gasteiger partial charge on any atom is -0.424 e. The molecule has 0 aliphatic rings. The molecule has 0 aliphatic carbocycles. The number of carbonyl (C=O) groups is 2. The Morgan fingerprint density at radius 3 is 2.12 bits per heavy atom. The van der Waals surface area contributed by atoms with Gasteiger partial charge in [0.2, 0.25) is 6.29 Å². The van der Waals surface area contributed by atoms with Gasteiger partial charge >= 0.3 is 11.9 Å². The topological polar surface area (TPSA) is 98.9 Å². The van der Waals surface area contributed by atoms with Gasteiger partial charge in [-0.15, -0.1) is 0 Å². The maximum Gasteiger partial charge on any atom is 0.342 e. The summed E-state index contributed by atoms with van der Waals surface area (Å²) >= 11 is 0. The Morgan fingerprint density at radius 2 is 1.50 bits per heavy atom. The summed E-state index contributed by atoms with van der Waals surface area (Å²) < 4.78 is 10.0. The van der Waals surface area contributed by atoms with Crippen LogP contribution in [0.5, 0.6) is 0 Å². The lowest BCUT2D eigenvalue weighted by atomic mass is 10.1. The van der Waals surface area contributed by atoms with E-state index in [0.717, 1.165) is 5.56 Å². The lowest BCUT2D eigenvalue weighted by Gasteiger charge is -2.18. The van der Waals surface area contributed by atoms with E-state index in [9.17, 15) is 14.7 Å². The number of hydrogen-bond acceptors (Lipinski definition) is 6. The third-order valence-electron chi connectivity index (χ3n) is 3.79. The molecule has 0 aromatic heterocycles. The van der Waals surface area contributed by atoms with Crippen LogP contribution in [-0.2, 0) is 25.5 Å². The average molecular weight is 357 g/mol. The number of aliphatic hydroxyl groups is 1. The van der Waals surface area contributed by atoms with Crippen LogP contribution in [0.25, 0.3) is 0 Å². The van der Waals surface area contributed by atoms with Crippen LogP contribution in [0.3, 0.4) is 0 Å². The van der Waals surface area contributed by atoms with Crippen molar-refractivity contribution in [3.05, 3.63) is 71.8 Å². The molecule has 6 heteroatoms. The van der Waals surface area contributed by atoms with Crippen molar-refractivity contribution in [1.82, 2.24) is 0 Å². The first kappa shape index (κ1) is 19.6. The number of aryl methyl sites for hydroxylation is 1. The number of hydrogen-bond donors (Lipinski definition) is 2. The zero-order chi connectivity index (χ0) is 18.9. The number of aliphatic hydroxyl groups excluding tert-OH is 1. The Labute approximate surface area is 152 Å². The van der Waals surface area contributed by atoms with Crippen LogP contribution in [0.15, 0.2) is 60.7 Å². The number of esters is 2. The summed E-state index contributed by atoms with van der Waals surface area (Å²) in [6.45, 7) is 1.40. The summed E-state index contributed by atoms with van der Waals surface area (Å²) in [5.41, 5.74) is 7.30. The summed E-state index contributed by atoms with van der Waals surface area (Å²) in [6.07, 6.45) is -1.53. The van der Waals surface area contributed by atoms with Gasteiger partial charge in [-0.2, -0.15) is 0 Å². The normalized spacial score (nSPS) is 14.1. The van der Waals surface area contributed by atoms with E-state index in [1.54, 1.807) is 30.3 Å². The molecule has 26 heavy (non-hydrogen) atoms. The molecule has 0 heterocycles. The van der Waals surface area contributed by atoms with Crippen molar-refractivity contribution in [3.63, 3.8) is 0 Å². The van der Waals surface area contributed by atoms with Gasteiger partial charge in [-0.25, -0.2) is 4.79 Å². The summed E-state index contributed by atoms with van der Waals surface area (Å²) in [5, 5.41) is 9.95. The molecule has 0 radical (unpaired) electrons. The molecule has 3 N–H and O–H groups in total. The molecule has 2 aromatic carbocycles. The molecule has 0 amide bonds. The van der Waals surface area contributed by atoms with Crippen LogP contribution >= 0.6 is 0 Å². The first-order valence-electron chi connectivity index (χ1n) is 8.41. The number of carbonyl (C=O) groups excluding carboxylic acids is 2. The van der Waals surface area contributed by atoms with Crippen molar-refractivity contribution >= 4 is 11.9 Å². The third-order valence-corrected chi connectivity index (χ3v) is 3.79. The van der Waals surface area contributed by atoms with E-state index in [1.807, 2.05) is 30.3 Å². The van der Waals surface area contributed by atoms with Crippen molar-refractivity contribution in [1.29, 1.82) is 0 Å². The fourth-order valence-electron chi connectivity index (χ4n) is 2.36. The molecule has 2 rings (SSSR count). The molecule has 0 spiro atoms. The van der Waals surface area contributed by atoms with E-state index in [2.05, 4.69) is 0 Å². The molecule has 0 saturated carbocycles. The maximum atomic E-state index is 12.0. The highest BCUT2D eigenvalue weighted by Crippen LogP contribution is 2.15. The lowest BCUT2D eigenvalue weighted by Crippen LogP contribution is -2.36. The second-order valence-corrected chi connectivity index (χ2v) is 5.89. The fraction of sp³-hybridized carbons (Fsp3) is 0.300. The zero-order valence-corrected chi connectivity index (χ0v) is 14.6. The standard InChI is InChI=1S/C20H23NO5/c1-14(26-20(24)18(22)16-10-6-3-7-11-16)25-19(23)17(21)13-12-15-8-4-2-5-9-15/h2-11,14,17-18,22H,12-13,21H2,1H3/t14-,17-,18-/m0/s1. The van der Waals surface area contributed by atoms with Gasteiger partial charge in [0.05, 0.1) is 0 Å². The predicted molar refractivity (Wildman–Crippen MR) is 95.8 cm³/mol. The van der Waals surface area contributed by atoms with Gasteiger partial charge in [-0.1, -0.05) is 60.7 Å². The van der Waals surface area contributed by atoms with E-state index < -0.39 is 30.4 Å². The van der Waals surface area contributed by atoms with Crippen LogP contribution in [-0.4, -0.2) is 29.4 Å². The van der Waals surface area contributed by atoms with Gasteiger partial charge in [-0.05, 0) is 24.0 Å². The Bertz CT molecular complexity index is 705. The minimum atomic E-state index is -1.44. The van der Waals surface area contributed by atoms with Gasteiger partial charge in [-0.3, -0.25) is 4.79 Å². The van der Waals surface area contributed by atoms with Crippen molar-refractivity contribution in [3.8, 4) is 0 Å². The van der Waals surface area contributed by atoms with E-state index in [1.165, 1.54) is 6.92 Å². The first-order chi connectivity index (χ1) is 12.5. The minimum absolute atomic E-state index is 0.399. The van der Waals surface area contributed by atoms with Crippen molar-refractivity contribution < 1.29 is 24.2 Å². The number of benzene rings is 2. The van der Waals surface area contributed by atoms with Gasteiger partial charge < -0.3 is 20.3 Å². The molecule has 3 atom stereocenters. The van der Waals surface area contributed by atoms with E-state index >= 15 is 0 Å². The maximum absolute atomic E-state index is 12.0. The van der Waals surface area contributed by atoms with Crippen LogP contribution in [0.2, 0.25) is 0 Å². The zero-order valence-electron chi connectivity index (χ0n) is 14.6. The number of nitrogens with two attached hydrogens (primary N) is 1.